The molecule has 0 saturated carbocycles. The van der Waals surface area contributed by atoms with Gasteiger partial charge in [0.15, 0.2) is 0 Å². The van der Waals surface area contributed by atoms with E-state index in [0.717, 1.165) is 12.1 Å². The maximum atomic E-state index is 12.7. The summed E-state index contributed by atoms with van der Waals surface area (Å²) in [5.74, 6) is -0.130. The molecule has 0 aliphatic carbocycles. The first-order chi connectivity index (χ1) is 15.0. The molecule has 2 heterocycles. The second kappa shape index (κ2) is 9.94. The number of piperidine rings is 1. The van der Waals surface area contributed by atoms with Gasteiger partial charge in [-0.15, -0.1) is 0 Å². The Morgan fingerprint density at radius 1 is 0.871 bits per heavy atom. The monoisotopic (exact) mass is 441 g/mol. The van der Waals surface area contributed by atoms with Crippen molar-refractivity contribution >= 4 is 15.9 Å². The quantitative estimate of drug-likeness (QED) is 0.717. The zero-order valence-electron chi connectivity index (χ0n) is 17.9. The molecule has 0 bridgehead atoms. The fraction of sp³-hybridized carbons (Fsp3) is 0.458. The lowest BCUT2D eigenvalue weighted by Gasteiger charge is -2.30. The van der Waals surface area contributed by atoms with Gasteiger partial charge in [-0.2, -0.15) is 4.31 Å². The highest BCUT2D eigenvalue weighted by molar-refractivity contribution is 7.89. The van der Waals surface area contributed by atoms with Crippen molar-refractivity contribution in [2.24, 2.45) is 5.92 Å². The van der Waals surface area contributed by atoms with Gasteiger partial charge >= 0.3 is 0 Å². The molecule has 2 aromatic rings. The summed E-state index contributed by atoms with van der Waals surface area (Å²) in [5, 5.41) is 3.03. The van der Waals surface area contributed by atoms with Crippen LogP contribution in [0.3, 0.4) is 0 Å². The molecule has 2 aromatic carbocycles. The normalized spacial score (nSPS) is 18.8. The summed E-state index contributed by atoms with van der Waals surface area (Å²) in [6.07, 6.45) is 3.68. The molecule has 0 aromatic heterocycles. The van der Waals surface area contributed by atoms with Gasteiger partial charge in [-0.25, -0.2) is 8.42 Å². The second-order valence-corrected chi connectivity index (χ2v) is 10.4. The summed E-state index contributed by atoms with van der Waals surface area (Å²) >= 11 is 0. The average molecular weight is 442 g/mol. The van der Waals surface area contributed by atoms with Crippen LogP contribution in [-0.2, 0) is 27.9 Å². The highest BCUT2D eigenvalue weighted by Gasteiger charge is 2.31. The fourth-order valence-electron chi connectivity index (χ4n) is 4.39. The molecule has 7 heteroatoms. The third-order valence-corrected chi connectivity index (χ3v) is 8.21. The molecule has 2 saturated heterocycles. The molecular weight excluding hydrogens is 410 g/mol. The Morgan fingerprint density at radius 3 is 2.13 bits per heavy atom. The number of hydrogen-bond donors (Lipinski definition) is 1. The van der Waals surface area contributed by atoms with Crippen molar-refractivity contribution in [1.82, 2.24) is 14.5 Å². The first kappa shape index (κ1) is 22.0. The van der Waals surface area contributed by atoms with Gasteiger partial charge in [-0.1, -0.05) is 42.5 Å². The third kappa shape index (κ3) is 5.53. The van der Waals surface area contributed by atoms with E-state index >= 15 is 0 Å². The molecule has 0 radical (unpaired) electrons. The molecule has 166 valence electrons. The van der Waals surface area contributed by atoms with Crippen LogP contribution in [0.25, 0.3) is 0 Å². The number of hydrogen-bond acceptors (Lipinski definition) is 4. The van der Waals surface area contributed by atoms with Crippen LogP contribution in [0, 0.1) is 5.92 Å². The molecule has 2 aliphatic rings. The van der Waals surface area contributed by atoms with Crippen molar-refractivity contribution in [1.29, 1.82) is 0 Å². The van der Waals surface area contributed by atoms with Crippen molar-refractivity contribution < 1.29 is 13.2 Å². The first-order valence-electron chi connectivity index (χ1n) is 11.2. The Morgan fingerprint density at radius 2 is 1.48 bits per heavy atom. The van der Waals surface area contributed by atoms with Crippen LogP contribution in [0.5, 0.6) is 0 Å². The maximum absolute atomic E-state index is 12.7. The minimum atomic E-state index is -3.48. The molecule has 2 fully saturated rings. The predicted octanol–water partition coefficient (Wildman–Crippen LogP) is 3.00. The Labute approximate surface area is 185 Å². The molecule has 0 unspecified atom stereocenters. The van der Waals surface area contributed by atoms with Crippen molar-refractivity contribution in [2.75, 3.05) is 26.2 Å². The summed E-state index contributed by atoms with van der Waals surface area (Å²) in [6, 6.07) is 16.9. The first-order valence-corrected chi connectivity index (χ1v) is 12.6. The number of nitrogens with one attached hydrogen (secondary N) is 1. The highest BCUT2D eigenvalue weighted by atomic mass is 32.2. The van der Waals surface area contributed by atoms with Gasteiger partial charge in [0.05, 0.1) is 4.90 Å². The number of nitrogens with zero attached hydrogens (tertiary/aromatic N) is 2. The molecule has 4 rings (SSSR count). The van der Waals surface area contributed by atoms with Crippen molar-refractivity contribution in [2.45, 2.75) is 43.7 Å². The van der Waals surface area contributed by atoms with Crippen molar-refractivity contribution in [3.63, 3.8) is 0 Å². The van der Waals surface area contributed by atoms with Gasteiger partial charge in [-0.05, 0) is 62.0 Å². The average Bonchev–Trinajstić information content (AvgIpc) is 3.32. The molecule has 1 amide bonds. The maximum Gasteiger partial charge on any atom is 0.243 e. The van der Waals surface area contributed by atoms with Crippen LogP contribution in [0.1, 0.15) is 36.8 Å². The number of likely N-dealkylation sites (tertiary alicyclic amines) is 1. The van der Waals surface area contributed by atoms with E-state index in [0.29, 0.717) is 37.4 Å². The molecule has 1 N–H and O–H groups in total. The van der Waals surface area contributed by atoms with Gasteiger partial charge in [0.1, 0.15) is 0 Å². The molecule has 0 atom stereocenters. The van der Waals surface area contributed by atoms with Gasteiger partial charge in [-0.3, -0.25) is 9.69 Å². The van der Waals surface area contributed by atoms with Gasteiger partial charge in [0, 0.05) is 32.1 Å². The number of carbonyl (C=O) groups excluding carboxylic acids is 1. The van der Waals surface area contributed by atoms with Gasteiger partial charge in [0.2, 0.25) is 15.9 Å². The fourth-order valence-corrected chi connectivity index (χ4v) is 5.89. The van der Waals surface area contributed by atoms with E-state index in [1.807, 2.05) is 0 Å². The van der Waals surface area contributed by atoms with Crippen LogP contribution >= 0.6 is 0 Å². The molecule has 0 spiro atoms. The lowest BCUT2D eigenvalue weighted by atomic mass is 9.97. The van der Waals surface area contributed by atoms with E-state index in [4.69, 9.17) is 0 Å². The number of rotatable bonds is 7. The lowest BCUT2D eigenvalue weighted by molar-refractivity contribution is -0.126. The van der Waals surface area contributed by atoms with Crippen molar-refractivity contribution in [3.8, 4) is 0 Å². The Balaban J connectivity index is 1.24. The highest BCUT2D eigenvalue weighted by Crippen LogP contribution is 2.24. The minimum absolute atomic E-state index is 0.0119. The summed E-state index contributed by atoms with van der Waals surface area (Å²) in [5.41, 5.74) is 2.39. The lowest BCUT2D eigenvalue weighted by Crippen LogP contribution is -2.42. The van der Waals surface area contributed by atoms with E-state index in [1.54, 1.807) is 30.3 Å². The summed E-state index contributed by atoms with van der Waals surface area (Å²) in [4.78, 5) is 15.4. The number of benzene rings is 2. The zero-order chi connectivity index (χ0) is 21.7. The van der Waals surface area contributed by atoms with Gasteiger partial charge in [0.25, 0.3) is 0 Å². The summed E-state index contributed by atoms with van der Waals surface area (Å²) < 4.78 is 27.0. The number of sulfonamides is 1. The van der Waals surface area contributed by atoms with Crippen molar-refractivity contribution in [3.05, 3.63) is 65.7 Å². The Bertz CT molecular complexity index is 963. The molecule has 2 aliphatic heterocycles. The third-order valence-electron chi connectivity index (χ3n) is 6.30. The summed E-state index contributed by atoms with van der Waals surface area (Å²) in [6.45, 7) is 4.62. The van der Waals surface area contributed by atoms with Crippen LogP contribution in [0.4, 0.5) is 0 Å². The number of carbonyl (C=O) groups is 1. The van der Waals surface area contributed by atoms with Crippen LogP contribution in [0.15, 0.2) is 59.5 Å². The van der Waals surface area contributed by atoms with E-state index < -0.39 is 10.0 Å². The molecular formula is C24H31N3O3S. The smallest absolute Gasteiger partial charge is 0.243 e. The topological polar surface area (TPSA) is 69.7 Å². The number of amides is 1. The SMILES string of the molecule is O=C(NCc1ccc(CN2CCCC2)cc1)C1CCN(S(=O)(=O)c2ccccc2)CC1. The molecule has 6 nitrogen and oxygen atoms in total. The standard InChI is InChI=1S/C24H31N3O3S/c28-24(25-18-20-8-10-21(11-9-20)19-26-14-4-5-15-26)22-12-16-27(17-13-22)31(29,30)23-6-2-1-3-7-23/h1-3,6-11,22H,4-5,12-19H2,(H,25,28). The second-order valence-electron chi connectivity index (χ2n) is 8.51. The van der Waals surface area contributed by atoms with E-state index in [1.165, 1.54) is 35.8 Å². The largest absolute Gasteiger partial charge is 0.352 e. The summed E-state index contributed by atoms with van der Waals surface area (Å²) in [7, 11) is -3.48. The minimum Gasteiger partial charge on any atom is -0.352 e. The van der Waals surface area contributed by atoms with E-state index in [9.17, 15) is 13.2 Å². The molecule has 31 heavy (non-hydrogen) atoms. The van der Waals surface area contributed by atoms with Crippen LogP contribution in [0.2, 0.25) is 0 Å². The van der Waals surface area contributed by atoms with E-state index in [2.05, 4.69) is 34.5 Å². The van der Waals surface area contributed by atoms with Crippen LogP contribution < -0.4 is 5.32 Å². The van der Waals surface area contributed by atoms with Crippen LogP contribution in [-0.4, -0.2) is 49.7 Å². The van der Waals surface area contributed by atoms with Gasteiger partial charge < -0.3 is 5.32 Å². The zero-order valence-corrected chi connectivity index (χ0v) is 18.7. The van der Waals surface area contributed by atoms with E-state index in [-0.39, 0.29) is 11.8 Å². The predicted molar refractivity (Wildman–Crippen MR) is 121 cm³/mol. The Hall–Kier alpha value is -2.22. The Kier molecular flexibility index (Phi) is 7.05.